The smallest absolute Gasteiger partial charge is 0.312 e. The van der Waals surface area contributed by atoms with Crippen LogP contribution in [0.1, 0.15) is 56.0 Å². The number of aliphatic carboxylic acids is 1. The molecule has 110 valence electrons. The first-order valence-corrected chi connectivity index (χ1v) is 8.35. The van der Waals surface area contributed by atoms with Crippen molar-refractivity contribution in [2.75, 3.05) is 5.32 Å². The molecule has 0 aromatic carbocycles. The summed E-state index contributed by atoms with van der Waals surface area (Å²) < 4.78 is 0. The van der Waals surface area contributed by atoms with E-state index in [2.05, 4.69) is 24.1 Å². The van der Waals surface area contributed by atoms with Gasteiger partial charge in [-0.25, -0.2) is 4.98 Å². The maximum Gasteiger partial charge on any atom is 0.312 e. The molecule has 0 spiro atoms. The number of thiazole rings is 1. The molecule has 0 radical (unpaired) electrons. The van der Waals surface area contributed by atoms with Crippen LogP contribution in [0.3, 0.4) is 0 Å². The van der Waals surface area contributed by atoms with Crippen LogP contribution in [0.15, 0.2) is 0 Å². The highest BCUT2D eigenvalue weighted by Crippen LogP contribution is 2.39. The second-order valence-electron chi connectivity index (χ2n) is 6.40. The molecule has 5 heteroatoms. The first kappa shape index (κ1) is 13.9. The number of carboxylic acid groups (broad SMARTS) is 1. The molecule has 2 aliphatic rings. The van der Waals surface area contributed by atoms with Crippen LogP contribution in [0.2, 0.25) is 0 Å². The van der Waals surface area contributed by atoms with Gasteiger partial charge in [-0.1, -0.05) is 13.8 Å². The van der Waals surface area contributed by atoms with Gasteiger partial charge >= 0.3 is 5.97 Å². The number of fused-ring (bicyclic) bond motifs is 1. The third kappa shape index (κ3) is 2.55. The molecule has 1 aromatic rings. The van der Waals surface area contributed by atoms with Crippen LogP contribution in [-0.2, 0) is 11.2 Å². The van der Waals surface area contributed by atoms with Gasteiger partial charge in [0.05, 0.1) is 5.69 Å². The number of hydrogen-bond donors (Lipinski definition) is 2. The van der Waals surface area contributed by atoms with Crippen molar-refractivity contribution >= 4 is 22.4 Å². The van der Waals surface area contributed by atoms with Crippen molar-refractivity contribution in [2.45, 2.75) is 57.9 Å². The van der Waals surface area contributed by atoms with Gasteiger partial charge in [0.25, 0.3) is 0 Å². The van der Waals surface area contributed by atoms with Gasteiger partial charge < -0.3 is 10.4 Å². The summed E-state index contributed by atoms with van der Waals surface area (Å²) in [7, 11) is 0. The fourth-order valence-electron chi connectivity index (χ4n) is 3.57. The molecule has 0 bridgehead atoms. The predicted molar refractivity (Wildman–Crippen MR) is 80.4 cm³/mol. The average molecular weight is 294 g/mol. The van der Waals surface area contributed by atoms with Gasteiger partial charge in [0.1, 0.15) is 5.92 Å². The van der Waals surface area contributed by atoms with Crippen molar-refractivity contribution in [1.82, 2.24) is 4.98 Å². The Balaban J connectivity index is 1.70. The highest BCUT2D eigenvalue weighted by Gasteiger charge is 2.33. The summed E-state index contributed by atoms with van der Waals surface area (Å²) in [6.45, 7) is 4.62. The molecule has 1 fully saturated rings. The first-order chi connectivity index (χ1) is 9.54. The zero-order valence-electron chi connectivity index (χ0n) is 12.1. The molecule has 4 atom stereocenters. The minimum atomic E-state index is -0.736. The van der Waals surface area contributed by atoms with Crippen LogP contribution in [0, 0.1) is 11.8 Å². The standard InChI is InChI=1S/C15H22N2O2S/c1-8-3-5-11(9(2)7-8)16-15-17-13-10(14(18)19)4-6-12(13)20-15/h8-11H,3-7H2,1-2H3,(H,16,17)(H,18,19). The summed E-state index contributed by atoms with van der Waals surface area (Å²) in [6.07, 6.45) is 5.30. The third-order valence-electron chi connectivity index (χ3n) is 4.76. The maximum absolute atomic E-state index is 11.2. The Kier molecular flexibility index (Phi) is 3.71. The molecular weight excluding hydrogens is 272 g/mol. The summed E-state index contributed by atoms with van der Waals surface area (Å²) in [5, 5.41) is 13.7. The minimum Gasteiger partial charge on any atom is -0.481 e. The highest BCUT2D eigenvalue weighted by atomic mass is 32.1. The van der Waals surface area contributed by atoms with Crippen LogP contribution in [0.5, 0.6) is 0 Å². The van der Waals surface area contributed by atoms with Crippen LogP contribution in [0.25, 0.3) is 0 Å². The van der Waals surface area contributed by atoms with E-state index >= 15 is 0 Å². The van der Waals surface area contributed by atoms with E-state index in [0.29, 0.717) is 18.4 Å². The van der Waals surface area contributed by atoms with Gasteiger partial charge in [0.2, 0.25) is 0 Å². The van der Waals surface area contributed by atoms with Crippen molar-refractivity contribution in [3.8, 4) is 0 Å². The van der Waals surface area contributed by atoms with Gasteiger partial charge in [0, 0.05) is 10.9 Å². The van der Waals surface area contributed by atoms with E-state index in [1.165, 1.54) is 19.3 Å². The Labute approximate surface area is 123 Å². The van der Waals surface area contributed by atoms with E-state index in [4.69, 9.17) is 0 Å². The fourth-order valence-corrected chi connectivity index (χ4v) is 4.67. The molecule has 1 heterocycles. The number of aromatic nitrogens is 1. The number of carbonyl (C=O) groups is 1. The van der Waals surface area contributed by atoms with Crippen LogP contribution >= 0.6 is 11.3 Å². The molecule has 4 nitrogen and oxygen atoms in total. The molecule has 1 saturated carbocycles. The molecule has 0 amide bonds. The maximum atomic E-state index is 11.2. The van der Waals surface area contributed by atoms with Crippen molar-refractivity contribution in [3.05, 3.63) is 10.6 Å². The van der Waals surface area contributed by atoms with E-state index in [9.17, 15) is 9.90 Å². The normalized spacial score (nSPS) is 32.9. The number of hydrogen-bond acceptors (Lipinski definition) is 4. The molecule has 0 aliphatic heterocycles. The Morgan fingerprint density at radius 1 is 1.35 bits per heavy atom. The van der Waals surface area contributed by atoms with Crippen molar-refractivity contribution in [1.29, 1.82) is 0 Å². The van der Waals surface area contributed by atoms with Gasteiger partial charge in [-0.3, -0.25) is 4.79 Å². The van der Waals surface area contributed by atoms with Crippen LogP contribution in [0.4, 0.5) is 5.13 Å². The summed E-state index contributed by atoms with van der Waals surface area (Å²) >= 11 is 1.65. The van der Waals surface area contributed by atoms with Crippen LogP contribution < -0.4 is 5.32 Å². The third-order valence-corrected chi connectivity index (χ3v) is 5.82. The zero-order valence-corrected chi connectivity index (χ0v) is 12.9. The van der Waals surface area contributed by atoms with E-state index in [0.717, 1.165) is 28.0 Å². The zero-order chi connectivity index (χ0) is 14.3. The van der Waals surface area contributed by atoms with E-state index < -0.39 is 5.97 Å². The minimum absolute atomic E-state index is 0.388. The highest BCUT2D eigenvalue weighted by molar-refractivity contribution is 7.15. The van der Waals surface area contributed by atoms with Crippen molar-refractivity contribution < 1.29 is 9.90 Å². The topological polar surface area (TPSA) is 62.2 Å². The fraction of sp³-hybridized carbons (Fsp3) is 0.733. The number of aryl methyl sites for hydroxylation is 1. The number of nitrogens with zero attached hydrogens (tertiary/aromatic N) is 1. The molecule has 20 heavy (non-hydrogen) atoms. The van der Waals surface area contributed by atoms with Gasteiger partial charge in [0.15, 0.2) is 5.13 Å². The second-order valence-corrected chi connectivity index (χ2v) is 7.49. The Morgan fingerprint density at radius 3 is 2.85 bits per heavy atom. The number of nitrogens with one attached hydrogen (secondary N) is 1. The lowest BCUT2D eigenvalue weighted by Crippen LogP contribution is -2.33. The van der Waals surface area contributed by atoms with Crippen molar-refractivity contribution in [2.24, 2.45) is 11.8 Å². The van der Waals surface area contributed by atoms with Crippen LogP contribution in [-0.4, -0.2) is 22.1 Å². The summed E-state index contributed by atoms with van der Waals surface area (Å²) in [5.74, 6) is 0.356. The number of rotatable bonds is 3. The quantitative estimate of drug-likeness (QED) is 0.895. The Bertz CT molecular complexity index is 514. The molecular formula is C15H22N2O2S. The largest absolute Gasteiger partial charge is 0.481 e. The Hall–Kier alpha value is -1.10. The average Bonchev–Trinajstić information content (AvgIpc) is 2.91. The molecule has 1 aromatic heterocycles. The molecule has 3 rings (SSSR count). The van der Waals surface area contributed by atoms with E-state index in [1.807, 2.05) is 0 Å². The predicted octanol–water partition coefficient (Wildman–Crippen LogP) is 3.49. The second kappa shape index (κ2) is 5.35. The summed E-state index contributed by atoms with van der Waals surface area (Å²) in [5.41, 5.74) is 0.807. The monoisotopic (exact) mass is 294 g/mol. The van der Waals surface area contributed by atoms with Gasteiger partial charge in [-0.05, 0) is 43.9 Å². The van der Waals surface area contributed by atoms with E-state index in [-0.39, 0.29) is 5.92 Å². The van der Waals surface area contributed by atoms with E-state index in [1.54, 1.807) is 11.3 Å². The van der Waals surface area contributed by atoms with Crippen molar-refractivity contribution in [3.63, 3.8) is 0 Å². The number of anilines is 1. The lowest BCUT2D eigenvalue weighted by molar-refractivity contribution is -0.138. The van der Waals surface area contributed by atoms with Gasteiger partial charge in [-0.15, -0.1) is 11.3 Å². The molecule has 2 N–H and O–H groups in total. The molecule has 4 unspecified atom stereocenters. The summed E-state index contributed by atoms with van der Waals surface area (Å²) in [4.78, 5) is 16.9. The molecule has 2 aliphatic carbocycles. The lowest BCUT2D eigenvalue weighted by Gasteiger charge is -2.33. The van der Waals surface area contributed by atoms with Gasteiger partial charge in [-0.2, -0.15) is 0 Å². The SMILES string of the molecule is CC1CCC(Nc2nc3c(s2)CCC3C(=O)O)C(C)C1. The summed E-state index contributed by atoms with van der Waals surface area (Å²) in [6, 6.07) is 0.487. The Morgan fingerprint density at radius 2 is 2.15 bits per heavy atom. The number of carboxylic acids is 1. The first-order valence-electron chi connectivity index (χ1n) is 7.53. The molecule has 0 saturated heterocycles. The lowest BCUT2D eigenvalue weighted by atomic mass is 9.80.